The Labute approximate surface area is 143 Å². The first-order chi connectivity index (χ1) is 11.7. The standard InChI is InChI=1S/C18H25N5O/c1-3-24-18-10-17(20-13-21-18)22-16-7-9-23(11-14(16)2)12-15-6-4-5-8-19-15/h4-6,8,10,13-14,16H,3,7,9,11-12H2,1-2H3,(H,20,21,22)/t14-,16-/m0/s1. The molecule has 1 aliphatic heterocycles. The normalized spacial score (nSPS) is 21.4. The third-order valence-corrected chi connectivity index (χ3v) is 4.37. The first-order valence-electron chi connectivity index (χ1n) is 8.58. The van der Waals surface area contributed by atoms with Gasteiger partial charge in [0.15, 0.2) is 0 Å². The van der Waals surface area contributed by atoms with Crippen LogP contribution in [0.25, 0.3) is 0 Å². The maximum Gasteiger partial charge on any atom is 0.218 e. The quantitative estimate of drug-likeness (QED) is 0.880. The van der Waals surface area contributed by atoms with Crippen LogP contribution in [0.5, 0.6) is 5.88 Å². The lowest BCUT2D eigenvalue weighted by Gasteiger charge is -2.37. The number of ether oxygens (including phenoxy) is 1. The first kappa shape index (κ1) is 16.6. The van der Waals surface area contributed by atoms with E-state index in [1.54, 1.807) is 6.33 Å². The molecule has 3 heterocycles. The molecule has 0 radical (unpaired) electrons. The summed E-state index contributed by atoms with van der Waals surface area (Å²) in [6, 6.07) is 8.38. The summed E-state index contributed by atoms with van der Waals surface area (Å²) in [5, 5.41) is 3.54. The summed E-state index contributed by atoms with van der Waals surface area (Å²) < 4.78 is 5.44. The van der Waals surface area contributed by atoms with E-state index in [0.29, 0.717) is 24.4 Å². The number of likely N-dealkylation sites (tertiary alicyclic amines) is 1. The van der Waals surface area contributed by atoms with E-state index in [1.807, 2.05) is 31.3 Å². The zero-order valence-electron chi connectivity index (χ0n) is 14.4. The predicted octanol–water partition coefficient (Wildman–Crippen LogP) is 2.59. The third-order valence-electron chi connectivity index (χ3n) is 4.37. The Balaban J connectivity index is 1.55. The first-order valence-corrected chi connectivity index (χ1v) is 8.58. The third kappa shape index (κ3) is 4.41. The summed E-state index contributed by atoms with van der Waals surface area (Å²) >= 11 is 0. The zero-order valence-corrected chi connectivity index (χ0v) is 14.4. The lowest BCUT2D eigenvalue weighted by atomic mass is 9.93. The monoisotopic (exact) mass is 327 g/mol. The van der Waals surface area contributed by atoms with E-state index >= 15 is 0 Å². The fourth-order valence-electron chi connectivity index (χ4n) is 3.15. The highest BCUT2D eigenvalue weighted by molar-refractivity contribution is 5.38. The van der Waals surface area contributed by atoms with Crippen molar-refractivity contribution in [3.63, 3.8) is 0 Å². The summed E-state index contributed by atoms with van der Waals surface area (Å²) in [5.41, 5.74) is 1.13. The number of rotatable bonds is 6. The van der Waals surface area contributed by atoms with Crippen molar-refractivity contribution in [1.82, 2.24) is 19.9 Å². The second-order valence-electron chi connectivity index (χ2n) is 6.25. The number of pyridine rings is 1. The molecule has 1 aliphatic rings. The second kappa shape index (κ2) is 8.06. The van der Waals surface area contributed by atoms with Gasteiger partial charge in [0.25, 0.3) is 0 Å². The van der Waals surface area contributed by atoms with E-state index in [2.05, 4.69) is 38.2 Å². The van der Waals surface area contributed by atoms with Crippen LogP contribution in [0.4, 0.5) is 5.82 Å². The van der Waals surface area contributed by atoms with E-state index in [9.17, 15) is 0 Å². The molecule has 0 aliphatic carbocycles. The molecule has 0 bridgehead atoms. The van der Waals surface area contributed by atoms with Crippen LogP contribution in [-0.4, -0.2) is 45.6 Å². The Kier molecular flexibility index (Phi) is 5.59. The van der Waals surface area contributed by atoms with Crippen molar-refractivity contribution >= 4 is 5.82 Å². The molecular formula is C18H25N5O. The molecule has 0 spiro atoms. The topological polar surface area (TPSA) is 63.2 Å². The number of nitrogens with one attached hydrogen (secondary N) is 1. The van der Waals surface area contributed by atoms with Gasteiger partial charge in [-0.2, -0.15) is 0 Å². The summed E-state index contributed by atoms with van der Waals surface area (Å²) in [4.78, 5) is 15.3. The molecule has 2 aromatic rings. The maximum absolute atomic E-state index is 5.44. The fraction of sp³-hybridized carbons (Fsp3) is 0.500. The van der Waals surface area contributed by atoms with E-state index < -0.39 is 0 Å². The molecule has 0 saturated carbocycles. The predicted molar refractivity (Wildman–Crippen MR) is 93.9 cm³/mol. The number of anilines is 1. The van der Waals surface area contributed by atoms with Crippen LogP contribution in [-0.2, 0) is 6.54 Å². The van der Waals surface area contributed by atoms with Crippen LogP contribution < -0.4 is 10.1 Å². The molecule has 3 rings (SSSR count). The van der Waals surface area contributed by atoms with E-state index in [-0.39, 0.29) is 0 Å². The lowest BCUT2D eigenvalue weighted by molar-refractivity contribution is 0.163. The minimum absolute atomic E-state index is 0.411. The Morgan fingerprint density at radius 3 is 2.96 bits per heavy atom. The minimum Gasteiger partial charge on any atom is -0.478 e. The highest BCUT2D eigenvalue weighted by Crippen LogP contribution is 2.22. The smallest absolute Gasteiger partial charge is 0.218 e. The Bertz CT molecular complexity index is 636. The van der Waals surface area contributed by atoms with E-state index in [0.717, 1.165) is 37.6 Å². The minimum atomic E-state index is 0.411. The highest BCUT2D eigenvalue weighted by Gasteiger charge is 2.26. The molecule has 0 aromatic carbocycles. The molecule has 24 heavy (non-hydrogen) atoms. The van der Waals surface area contributed by atoms with Crippen molar-refractivity contribution in [3.8, 4) is 5.88 Å². The van der Waals surface area contributed by atoms with Gasteiger partial charge in [-0.05, 0) is 31.4 Å². The van der Waals surface area contributed by atoms with E-state index in [1.165, 1.54) is 0 Å². The summed E-state index contributed by atoms with van der Waals surface area (Å²) in [6.45, 7) is 7.87. The van der Waals surface area contributed by atoms with Gasteiger partial charge in [-0.25, -0.2) is 9.97 Å². The van der Waals surface area contributed by atoms with Crippen molar-refractivity contribution in [2.24, 2.45) is 5.92 Å². The van der Waals surface area contributed by atoms with Gasteiger partial charge >= 0.3 is 0 Å². The zero-order chi connectivity index (χ0) is 16.8. The molecule has 0 amide bonds. The number of hydrogen-bond donors (Lipinski definition) is 1. The Morgan fingerprint density at radius 1 is 1.29 bits per heavy atom. The van der Waals surface area contributed by atoms with Crippen molar-refractivity contribution < 1.29 is 4.74 Å². The summed E-state index contributed by atoms with van der Waals surface area (Å²) in [6.07, 6.45) is 4.49. The fourth-order valence-corrected chi connectivity index (χ4v) is 3.15. The molecule has 1 fully saturated rings. The van der Waals surface area contributed by atoms with Crippen LogP contribution >= 0.6 is 0 Å². The Morgan fingerprint density at radius 2 is 2.21 bits per heavy atom. The largest absolute Gasteiger partial charge is 0.478 e. The highest BCUT2D eigenvalue weighted by atomic mass is 16.5. The number of hydrogen-bond acceptors (Lipinski definition) is 6. The molecule has 6 heteroatoms. The van der Waals surface area contributed by atoms with Gasteiger partial charge in [-0.1, -0.05) is 13.0 Å². The average molecular weight is 327 g/mol. The molecule has 1 N–H and O–H groups in total. The Hall–Kier alpha value is -2.21. The van der Waals surface area contributed by atoms with Crippen molar-refractivity contribution in [1.29, 1.82) is 0 Å². The van der Waals surface area contributed by atoms with Crippen LogP contribution in [0.2, 0.25) is 0 Å². The van der Waals surface area contributed by atoms with E-state index in [4.69, 9.17) is 4.74 Å². The van der Waals surface area contributed by atoms with Gasteiger partial charge in [-0.3, -0.25) is 9.88 Å². The van der Waals surface area contributed by atoms with Gasteiger partial charge in [0.05, 0.1) is 12.3 Å². The van der Waals surface area contributed by atoms with Crippen LogP contribution in [0, 0.1) is 5.92 Å². The van der Waals surface area contributed by atoms with Gasteiger partial charge in [-0.15, -0.1) is 0 Å². The van der Waals surface area contributed by atoms with Gasteiger partial charge in [0.1, 0.15) is 12.1 Å². The number of nitrogens with zero attached hydrogens (tertiary/aromatic N) is 4. The van der Waals surface area contributed by atoms with Crippen molar-refractivity contribution in [3.05, 3.63) is 42.5 Å². The molecule has 0 unspecified atom stereocenters. The van der Waals surface area contributed by atoms with Crippen molar-refractivity contribution in [2.45, 2.75) is 32.9 Å². The number of piperidine rings is 1. The SMILES string of the molecule is CCOc1cc(N[C@H]2CCN(Cc3ccccn3)C[C@@H]2C)ncn1. The average Bonchev–Trinajstić information content (AvgIpc) is 2.59. The molecule has 1 saturated heterocycles. The molecular weight excluding hydrogens is 302 g/mol. The maximum atomic E-state index is 5.44. The van der Waals surface area contributed by atoms with Crippen molar-refractivity contribution in [2.75, 3.05) is 25.0 Å². The second-order valence-corrected chi connectivity index (χ2v) is 6.25. The van der Waals surface area contributed by atoms with Crippen LogP contribution in [0.3, 0.4) is 0 Å². The molecule has 2 atom stereocenters. The van der Waals surface area contributed by atoms with Gasteiger partial charge in [0.2, 0.25) is 5.88 Å². The lowest BCUT2D eigenvalue weighted by Crippen LogP contribution is -2.45. The summed E-state index contributed by atoms with van der Waals surface area (Å²) in [5.74, 6) is 1.99. The summed E-state index contributed by atoms with van der Waals surface area (Å²) in [7, 11) is 0. The van der Waals surface area contributed by atoms with Crippen LogP contribution in [0.15, 0.2) is 36.8 Å². The number of aromatic nitrogens is 3. The van der Waals surface area contributed by atoms with Gasteiger partial charge in [0, 0.05) is 37.9 Å². The van der Waals surface area contributed by atoms with Crippen LogP contribution in [0.1, 0.15) is 26.0 Å². The molecule has 6 nitrogen and oxygen atoms in total. The van der Waals surface area contributed by atoms with Gasteiger partial charge < -0.3 is 10.1 Å². The molecule has 128 valence electrons. The molecule has 2 aromatic heterocycles.